The maximum atomic E-state index is 12.7. The number of fused-ring (bicyclic) bond motifs is 1. The Bertz CT molecular complexity index is 835. The van der Waals surface area contributed by atoms with Crippen LogP contribution in [0.3, 0.4) is 0 Å². The van der Waals surface area contributed by atoms with Crippen LogP contribution >= 0.6 is 0 Å². The molecule has 1 unspecified atom stereocenters. The molecule has 0 aliphatic carbocycles. The van der Waals surface area contributed by atoms with Gasteiger partial charge in [-0.3, -0.25) is 14.4 Å². The van der Waals surface area contributed by atoms with Crippen molar-refractivity contribution in [3.63, 3.8) is 0 Å². The smallest absolute Gasteiger partial charge is 0.228 e. The number of carbonyl (C=O) groups excluding carboxylic acids is 1. The molecule has 2 aromatic rings. The third-order valence-corrected chi connectivity index (χ3v) is 5.83. The summed E-state index contributed by atoms with van der Waals surface area (Å²) in [5.41, 5.74) is 5.50. The highest BCUT2D eigenvalue weighted by Gasteiger charge is 2.29. The Balaban J connectivity index is 1.69. The van der Waals surface area contributed by atoms with Gasteiger partial charge in [0.05, 0.1) is 12.2 Å². The fourth-order valence-electron chi connectivity index (χ4n) is 4.11. The Morgan fingerprint density at radius 3 is 2.81 bits per heavy atom. The van der Waals surface area contributed by atoms with E-state index in [0.717, 1.165) is 54.4 Å². The monoisotopic (exact) mass is 353 g/mol. The zero-order chi connectivity index (χ0) is 18.3. The maximum absolute atomic E-state index is 12.7. The van der Waals surface area contributed by atoms with E-state index in [1.54, 1.807) is 0 Å². The number of carbonyl (C=O) groups is 1. The minimum absolute atomic E-state index is 0.159. The van der Waals surface area contributed by atoms with Crippen LogP contribution in [0.2, 0.25) is 0 Å². The molecule has 2 aliphatic rings. The van der Waals surface area contributed by atoms with Crippen molar-refractivity contribution in [2.24, 2.45) is 7.05 Å². The first-order chi connectivity index (χ1) is 12.5. The van der Waals surface area contributed by atoms with Crippen molar-refractivity contribution in [1.82, 2.24) is 20.1 Å². The lowest BCUT2D eigenvalue weighted by molar-refractivity contribution is -0.119. The number of pyridine rings is 1. The zero-order valence-corrected chi connectivity index (χ0v) is 15.9. The molecule has 2 aliphatic heterocycles. The summed E-state index contributed by atoms with van der Waals surface area (Å²) in [5.74, 6) is 1.45. The molecule has 1 N–H and O–H groups in total. The molecule has 138 valence electrons. The third kappa shape index (κ3) is 3.03. The zero-order valence-electron chi connectivity index (χ0n) is 15.9. The molecule has 6 heteroatoms. The van der Waals surface area contributed by atoms with Crippen molar-refractivity contribution in [2.45, 2.75) is 52.0 Å². The van der Waals surface area contributed by atoms with Crippen LogP contribution in [0, 0.1) is 13.8 Å². The molecule has 26 heavy (non-hydrogen) atoms. The van der Waals surface area contributed by atoms with Crippen LogP contribution in [0.1, 0.15) is 53.4 Å². The lowest BCUT2D eigenvalue weighted by Crippen LogP contribution is -2.36. The molecule has 4 rings (SSSR count). The second-order valence-electron chi connectivity index (χ2n) is 7.51. The number of aryl methyl sites for hydroxylation is 3. The standard InChI is InChI=1S/C20H27N5O/c1-13-17(14(2)24(3)23-13)12-25-19(26)9-7-15-6-8-18(22-20(15)25)16-5-4-10-21-11-16/h6,8,16,21H,4-5,7,9-12H2,1-3H3. The second-order valence-corrected chi connectivity index (χ2v) is 7.51. The summed E-state index contributed by atoms with van der Waals surface area (Å²) in [7, 11) is 1.95. The first-order valence-electron chi connectivity index (χ1n) is 9.54. The largest absolute Gasteiger partial charge is 0.316 e. The summed E-state index contributed by atoms with van der Waals surface area (Å²) in [6.07, 6.45) is 3.68. The summed E-state index contributed by atoms with van der Waals surface area (Å²) < 4.78 is 1.89. The molecule has 0 spiro atoms. The van der Waals surface area contributed by atoms with Crippen LogP contribution in [0.15, 0.2) is 12.1 Å². The highest BCUT2D eigenvalue weighted by Crippen LogP contribution is 2.31. The van der Waals surface area contributed by atoms with Gasteiger partial charge in [0.1, 0.15) is 5.82 Å². The molecular formula is C20H27N5O. The van der Waals surface area contributed by atoms with Gasteiger partial charge in [-0.25, -0.2) is 4.98 Å². The number of hydrogen-bond acceptors (Lipinski definition) is 4. The van der Waals surface area contributed by atoms with Crippen LogP contribution < -0.4 is 10.2 Å². The number of piperidine rings is 1. The topological polar surface area (TPSA) is 63.1 Å². The lowest BCUT2D eigenvalue weighted by atomic mass is 9.94. The molecule has 1 amide bonds. The summed E-state index contributed by atoms with van der Waals surface area (Å²) in [4.78, 5) is 19.6. The van der Waals surface area contributed by atoms with Crippen LogP contribution in [0.4, 0.5) is 5.82 Å². The van der Waals surface area contributed by atoms with Crippen LogP contribution in [-0.4, -0.2) is 33.8 Å². The molecule has 6 nitrogen and oxygen atoms in total. The first-order valence-corrected chi connectivity index (χ1v) is 9.54. The van der Waals surface area contributed by atoms with Gasteiger partial charge in [0.15, 0.2) is 0 Å². The normalized spacial score (nSPS) is 20.3. The molecule has 1 atom stereocenters. The predicted octanol–water partition coefficient (Wildman–Crippen LogP) is 2.38. The minimum atomic E-state index is 0.159. The van der Waals surface area contributed by atoms with Gasteiger partial charge in [-0.15, -0.1) is 0 Å². The van der Waals surface area contributed by atoms with Crippen molar-refractivity contribution in [1.29, 1.82) is 0 Å². The summed E-state index contributed by atoms with van der Waals surface area (Å²) >= 11 is 0. The lowest BCUT2D eigenvalue weighted by Gasteiger charge is -2.30. The maximum Gasteiger partial charge on any atom is 0.228 e. The number of nitrogens with zero attached hydrogens (tertiary/aromatic N) is 4. The van der Waals surface area contributed by atoms with Gasteiger partial charge in [-0.05, 0) is 51.3 Å². The summed E-state index contributed by atoms with van der Waals surface area (Å²) in [6.45, 7) is 6.68. The SMILES string of the molecule is Cc1nn(C)c(C)c1CN1C(=O)CCc2ccc(C3CCCNC3)nc21. The average molecular weight is 353 g/mol. The third-order valence-electron chi connectivity index (χ3n) is 5.83. The highest BCUT2D eigenvalue weighted by atomic mass is 16.2. The van der Waals surface area contributed by atoms with Crippen LogP contribution in [0.5, 0.6) is 0 Å². The van der Waals surface area contributed by atoms with Crippen molar-refractivity contribution in [3.8, 4) is 0 Å². The fourth-order valence-corrected chi connectivity index (χ4v) is 4.11. The van der Waals surface area contributed by atoms with E-state index in [1.807, 2.05) is 23.6 Å². The van der Waals surface area contributed by atoms with Gasteiger partial charge in [-0.1, -0.05) is 6.07 Å². The van der Waals surface area contributed by atoms with Crippen molar-refractivity contribution >= 4 is 11.7 Å². The van der Waals surface area contributed by atoms with E-state index < -0.39 is 0 Å². The van der Waals surface area contributed by atoms with Gasteiger partial charge in [0.25, 0.3) is 0 Å². The Hall–Kier alpha value is -2.21. The summed E-state index contributed by atoms with van der Waals surface area (Å²) in [5, 5.41) is 7.96. The van der Waals surface area contributed by atoms with E-state index in [-0.39, 0.29) is 5.91 Å². The van der Waals surface area contributed by atoms with Crippen molar-refractivity contribution in [3.05, 3.63) is 40.3 Å². The minimum Gasteiger partial charge on any atom is -0.316 e. The van der Waals surface area contributed by atoms with E-state index in [9.17, 15) is 4.79 Å². The Morgan fingerprint density at radius 2 is 2.12 bits per heavy atom. The van der Waals surface area contributed by atoms with Gasteiger partial charge in [0.2, 0.25) is 5.91 Å². The Labute approximate surface area is 154 Å². The second kappa shape index (κ2) is 6.83. The molecular weight excluding hydrogens is 326 g/mol. The molecule has 0 saturated carbocycles. The average Bonchev–Trinajstić information content (AvgIpc) is 2.90. The predicted molar refractivity (Wildman–Crippen MR) is 101 cm³/mol. The first kappa shape index (κ1) is 17.2. The number of amides is 1. The fraction of sp³-hybridized carbons (Fsp3) is 0.550. The Morgan fingerprint density at radius 1 is 1.27 bits per heavy atom. The van der Waals surface area contributed by atoms with E-state index in [1.165, 1.54) is 12.0 Å². The molecule has 2 aromatic heterocycles. The van der Waals surface area contributed by atoms with E-state index in [4.69, 9.17) is 4.98 Å². The van der Waals surface area contributed by atoms with Gasteiger partial charge in [0, 0.05) is 42.9 Å². The van der Waals surface area contributed by atoms with Gasteiger partial charge >= 0.3 is 0 Å². The number of nitrogens with one attached hydrogen (secondary N) is 1. The quantitative estimate of drug-likeness (QED) is 0.920. The van der Waals surface area contributed by atoms with E-state index in [2.05, 4.69) is 29.5 Å². The number of rotatable bonds is 3. The molecule has 4 heterocycles. The van der Waals surface area contributed by atoms with Crippen molar-refractivity contribution < 1.29 is 4.79 Å². The molecule has 1 saturated heterocycles. The highest BCUT2D eigenvalue weighted by molar-refractivity contribution is 5.95. The van der Waals surface area contributed by atoms with E-state index in [0.29, 0.717) is 18.9 Å². The van der Waals surface area contributed by atoms with Gasteiger partial charge < -0.3 is 5.32 Å². The number of aromatic nitrogens is 3. The van der Waals surface area contributed by atoms with Crippen LogP contribution in [0.25, 0.3) is 0 Å². The molecule has 0 radical (unpaired) electrons. The Kier molecular flexibility index (Phi) is 4.53. The van der Waals surface area contributed by atoms with E-state index >= 15 is 0 Å². The molecule has 1 fully saturated rings. The van der Waals surface area contributed by atoms with Crippen LogP contribution in [-0.2, 0) is 24.8 Å². The van der Waals surface area contributed by atoms with Gasteiger partial charge in [-0.2, -0.15) is 5.10 Å². The molecule has 0 aromatic carbocycles. The number of anilines is 1. The summed E-state index contributed by atoms with van der Waals surface area (Å²) in [6, 6.07) is 4.33. The molecule has 0 bridgehead atoms. The van der Waals surface area contributed by atoms with Crippen molar-refractivity contribution in [2.75, 3.05) is 18.0 Å². The number of hydrogen-bond donors (Lipinski definition) is 1.